The Morgan fingerprint density at radius 2 is 1.55 bits per heavy atom. The minimum absolute atomic E-state index is 0.322. The molecule has 2 heterocycles. The summed E-state index contributed by atoms with van der Waals surface area (Å²) in [5.74, 6) is 0. The Balaban J connectivity index is 1.92. The maximum atomic E-state index is 11.2. The van der Waals surface area contributed by atoms with Gasteiger partial charge in [0.1, 0.15) is 5.58 Å². The van der Waals surface area contributed by atoms with Gasteiger partial charge in [-0.3, -0.25) is 0 Å². The largest absolute Gasteiger partial charge is 0.423 e. The van der Waals surface area contributed by atoms with E-state index in [4.69, 9.17) is 4.42 Å². The molecule has 3 nitrogen and oxygen atoms in total. The highest BCUT2D eigenvalue weighted by molar-refractivity contribution is 5.84. The molecule has 0 aliphatic heterocycles. The number of aromatic nitrogens is 1. The Bertz CT molecular complexity index is 946. The number of nitrogens with zero attached hydrogens (tertiary/aromatic N) is 1. The lowest BCUT2D eigenvalue weighted by Gasteiger charge is -2.03. The first kappa shape index (κ1) is 11.1. The molecule has 0 spiro atoms. The Morgan fingerprint density at radius 1 is 0.800 bits per heavy atom. The molecule has 2 aromatic heterocycles. The third-order valence-corrected chi connectivity index (χ3v) is 3.45. The first-order valence-electron chi connectivity index (χ1n) is 6.41. The normalized spacial score (nSPS) is 11.2. The number of rotatable bonds is 1. The topological polar surface area (TPSA) is 35.1 Å². The van der Waals surface area contributed by atoms with Crippen molar-refractivity contribution in [3.63, 3.8) is 0 Å². The van der Waals surface area contributed by atoms with Crippen LogP contribution in [-0.4, -0.2) is 4.57 Å². The van der Waals surface area contributed by atoms with E-state index in [1.54, 1.807) is 6.07 Å². The molecule has 4 aromatic rings. The summed E-state index contributed by atoms with van der Waals surface area (Å²) in [5.41, 5.74) is 1.33. The van der Waals surface area contributed by atoms with Crippen LogP contribution < -0.4 is 5.63 Å². The average molecular weight is 261 g/mol. The van der Waals surface area contributed by atoms with Crippen molar-refractivity contribution in [3.8, 4) is 5.69 Å². The van der Waals surface area contributed by atoms with Crippen molar-refractivity contribution in [1.82, 2.24) is 4.57 Å². The van der Waals surface area contributed by atoms with Crippen molar-refractivity contribution >= 4 is 21.7 Å². The zero-order valence-corrected chi connectivity index (χ0v) is 10.6. The molecule has 0 aliphatic carbocycles. The first-order chi connectivity index (χ1) is 9.79. The molecule has 0 unspecified atom stereocenters. The van der Waals surface area contributed by atoms with Crippen molar-refractivity contribution in [2.24, 2.45) is 0 Å². The van der Waals surface area contributed by atoms with E-state index in [2.05, 4.69) is 29.1 Å². The molecule has 0 bridgehead atoms. The number of hydrogen-bond donors (Lipinski definition) is 0. The van der Waals surface area contributed by atoms with E-state index >= 15 is 0 Å². The highest BCUT2D eigenvalue weighted by Crippen LogP contribution is 2.21. The Labute approximate surface area is 114 Å². The van der Waals surface area contributed by atoms with Crippen molar-refractivity contribution in [2.75, 3.05) is 0 Å². The molecule has 0 radical (unpaired) electrons. The van der Waals surface area contributed by atoms with Gasteiger partial charge in [0.15, 0.2) is 0 Å². The average Bonchev–Trinajstić information content (AvgIpc) is 2.90. The summed E-state index contributed by atoms with van der Waals surface area (Å²) in [6, 6.07) is 17.3. The standard InChI is InChI=1S/C17H11NO2/c19-17-8-5-12-9-15(6-7-16(12)20-17)18-10-13-3-1-2-4-14(13)11-18/h1-11H. The van der Waals surface area contributed by atoms with Crippen LogP contribution in [0.1, 0.15) is 0 Å². The molecule has 2 aromatic carbocycles. The van der Waals surface area contributed by atoms with Crippen LogP contribution in [0, 0.1) is 0 Å². The van der Waals surface area contributed by atoms with Gasteiger partial charge in [0.05, 0.1) is 0 Å². The fourth-order valence-electron chi connectivity index (χ4n) is 2.45. The Hall–Kier alpha value is -2.81. The fraction of sp³-hybridized carbons (Fsp3) is 0. The summed E-state index contributed by atoms with van der Waals surface area (Å²) in [6.45, 7) is 0. The summed E-state index contributed by atoms with van der Waals surface area (Å²) < 4.78 is 7.23. The van der Waals surface area contributed by atoms with Crippen molar-refractivity contribution in [3.05, 3.63) is 77.4 Å². The van der Waals surface area contributed by atoms with Crippen LogP contribution in [-0.2, 0) is 0 Å². The van der Waals surface area contributed by atoms with Gasteiger partial charge < -0.3 is 8.98 Å². The minimum atomic E-state index is -0.322. The third kappa shape index (κ3) is 1.72. The van der Waals surface area contributed by atoms with E-state index in [9.17, 15) is 4.79 Å². The molecule has 0 saturated heterocycles. The third-order valence-electron chi connectivity index (χ3n) is 3.45. The second-order valence-corrected chi connectivity index (χ2v) is 4.77. The summed E-state index contributed by atoms with van der Waals surface area (Å²) in [6.07, 6.45) is 4.19. The molecule has 4 rings (SSSR count). The van der Waals surface area contributed by atoms with Crippen LogP contribution in [0.25, 0.3) is 27.4 Å². The lowest BCUT2D eigenvalue weighted by Crippen LogP contribution is -1.95. The maximum Gasteiger partial charge on any atom is 0.336 e. The van der Waals surface area contributed by atoms with E-state index in [1.165, 1.54) is 16.8 Å². The lowest BCUT2D eigenvalue weighted by molar-refractivity contribution is 0.561. The predicted octanol–water partition coefficient (Wildman–Crippen LogP) is 3.74. The summed E-state index contributed by atoms with van der Waals surface area (Å²) in [5, 5.41) is 3.32. The molecular weight excluding hydrogens is 250 g/mol. The number of fused-ring (bicyclic) bond motifs is 2. The zero-order chi connectivity index (χ0) is 13.5. The van der Waals surface area contributed by atoms with E-state index in [0.29, 0.717) is 5.58 Å². The van der Waals surface area contributed by atoms with Gasteiger partial charge in [0.2, 0.25) is 0 Å². The lowest BCUT2D eigenvalue weighted by atomic mass is 10.2. The Kier molecular flexibility index (Phi) is 2.27. The van der Waals surface area contributed by atoms with Crippen LogP contribution >= 0.6 is 0 Å². The monoisotopic (exact) mass is 261 g/mol. The van der Waals surface area contributed by atoms with Gasteiger partial charge in [-0.15, -0.1) is 0 Å². The quantitative estimate of drug-likeness (QED) is 0.489. The van der Waals surface area contributed by atoms with Crippen LogP contribution in [0.15, 0.2) is 76.2 Å². The maximum absolute atomic E-state index is 11.2. The molecule has 20 heavy (non-hydrogen) atoms. The molecule has 0 atom stereocenters. The highest BCUT2D eigenvalue weighted by atomic mass is 16.4. The molecule has 0 saturated carbocycles. The van der Waals surface area contributed by atoms with Crippen LogP contribution in [0.3, 0.4) is 0 Å². The van der Waals surface area contributed by atoms with E-state index in [0.717, 1.165) is 11.1 Å². The van der Waals surface area contributed by atoms with Crippen molar-refractivity contribution in [1.29, 1.82) is 0 Å². The van der Waals surface area contributed by atoms with Gasteiger partial charge in [-0.25, -0.2) is 4.79 Å². The molecule has 0 amide bonds. The van der Waals surface area contributed by atoms with Crippen molar-refractivity contribution < 1.29 is 4.42 Å². The smallest absolute Gasteiger partial charge is 0.336 e. The predicted molar refractivity (Wildman–Crippen MR) is 79.3 cm³/mol. The molecule has 3 heteroatoms. The SMILES string of the molecule is O=c1ccc2cc(-n3cc4ccccc4c3)ccc2o1. The summed E-state index contributed by atoms with van der Waals surface area (Å²) >= 11 is 0. The molecular formula is C17H11NO2. The molecule has 0 N–H and O–H groups in total. The second-order valence-electron chi connectivity index (χ2n) is 4.77. The fourth-order valence-corrected chi connectivity index (χ4v) is 2.45. The van der Waals surface area contributed by atoms with Crippen LogP contribution in [0.2, 0.25) is 0 Å². The van der Waals surface area contributed by atoms with Gasteiger partial charge in [-0.2, -0.15) is 0 Å². The van der Waals surface area contributed by atoms with Crippen LogP contribution in [0.5, 0.6) is 0 Å². The highest BCUT2D eigenvalue weighted by Gasteiger charge is 2.03. The molecule has 0 aliphatic rings. The van der Waals surface area contributed by atoms with Crippen molar-refractivity contribution in [2.45, 2.75) is 0 Å². The van der Waals surface area contributed by atoms with Gasteiger partial charge in [-0.05, 0) is 35.0 Å². The minimum Gasteiger partial charge on any atom is -0.423 e. The number of hydrogen-bond acceptors (Lipinski definition) is 2. The first-order valence-corrected chi connectivity index (χ1v) is 6.41. The van der Waals surface area contributed by atoms with Crippen LogP contribution in [0.4, 0.5) is 0 Å². The van der Waals surface area contributed by atoms with Gasteiger partial charge in [-0.1, -0.05) is 24.3 Å². The van der Waals surface area contributed by atoms with Gasteiger partial charge in [0, 0.05) is 29.5 Å². The van der Waals surface area contributed by atoms with Gasteiger partial charge >= 0.3 is 5.63 Å². The van der Waals surface area contributed by atoms with Gasteiger partial charge in [0.25, 0.3) is 0 Å². The molecule has 0 fully saturated rings. The van der Waals surface area contributed by atoms with E-state index in [-0.39, 0.29) is 5.63 Å². The van der Waals surface area contributed by atoms with E-state index < -0.39 is 0 Å². The summed E-state index contributed by atoms with van der Waals surface area (Å²) in [7, 11) is 0. The second kappa shape index (κ2) is 4.10. The summed E-state index contributed by atoms with van der Waals surface area (Å²) in [4.78, 5) is 11.2. The molecule has 96 valence electrons. The zero-order valence-electron chi connectivity index (χ0n) is 10.6. The van der Waals surface area contributed by atoms with E-state index in [1.807, 2.05) is 30.3 Å². The Morgan fingerprint density at radius 3 is 2.30 bits per heavy atom. The number of benzene rings is 2.